The summed E-state index contributed by atoms with van der Waals surface area (Å²) in [6.45, 7) is 6.13. The lowest BCUT2D eigenvalue weighted by atomic mass is 9.92. The Morgan fingerprint density at radius 3 is 2.20 bits per heavy atom. The zero-order chi connectivity index (χ0) is 18.9. The molecule has 6 amide bonds. The van der Waals surface area contributed by atoms with Gasteiger partial charge in [0.15, 0.2) is 0 Å². The van der Waals surface area contributed by atoms with Crippen molar-refractivity contribution in [3.63, 3.8) is 0 Å². The van der Waals surface area contributed by atoms with E-state index in [1.165, 1.54) is 21.6 Å². The Balaban J connectivity index is 1.98. The second-order valence-electron chi connectivity index (χ2n) is 6.92. The normalized spacial score (nSPS) is 13.7. The molecule has 10 heteroatoms. The van der Waals surface area contributed by atoms with Gasteiger partial charge >= 0.3 is 12.1 Å². The van der Waals surface area contributed by atoms with Crippen LogP contribution in [0.25, 0.3) is 0 Å². The van der Waals surface area contributed by atoms with Crippen molar-refractivity contribution in [2.75, 3.05) is 18.1 Å². The van der Waals surface area contributed by atoms with Crippen molar-refractivity contribution < 1.29 is 19.2 Å². The maximum absolute atomic E-state index is 11.6. The first-order valence-electron chi connectivity index (χ1n) is 8.08. The van der Waals surface area contributed by atoms with Crippen LogP contribution in [0.5, 0.6) is 0 Å². The Hall–Kier alpha value is -1.42. The average Bonchev–Trinajstić information content (AvgIpc) is 3.23. The minimum absolute atomic E-state index is 0.152. The van der Waals surface area contributed by atoms with E-state index in [4.69, 9.17) is 0 Å². The summed E-state index contributed by atoms with van der Waals surface area (Å²) in [5.41, 5.74) is -0.174. The summed E-state index contributed by atoms with van der Waals surface area (Å²) < 4.78 is 0. The van der Waals surface area contributed by atoms with Gasteiger partial charge in [-0.05, 0) is 18.3 Å². The molecule has 0 radical (unpaired) electrons. The van der Waals surface area contributed by atoms with E-state index in [1.807, 2.05) is 20.8 Å². The molecule has 0 atom stereocenters. The fourth-order valence-corrected chi connectivity index (χ4v) is 3.41. The van der Waals surface area contributed by atoms with Gasteiger partial charge in [-0.2, -0.15) is 0 Å². The number of hydrogen-bond acceptors (Lipinski definition) is 6. The largest absolute Gasteiger partial charge is 0.337 e. The molecule has 1 fully saturated rings. The quantitative estimate of drug-likeness (QED) is 0.370. The monoisotopic (exact) mass is 390 g/mol. The average molecular weight is 391 g/mol. The Labute approximate surface area is 155 Å². The zero-order valence-electron chi connectivity index (χ0n) is 14.8. The van der Waals surface area contributed by atoms with E-state index in [0.29, 0.717) is 12.3 Å². The van der Waals surface area contributed by atoms with Gasteiger partial charge < -0.3 is 10.6 Å². The van der Waals surface area contributed by atoms with Crippen LogP contribution in [-0.4, -0.2) is 48.0 Å². The van der Waals surface area contributed by atoms with Crippen molar-refractivity contribution in [1.29, 1.82) is 0 Å². The molecule has 0 aromatic rings. The first kappa shape index (κ1) is 21.6. The van der Waals surface area contributed by atoms with Crippen LogP contribution in [-0.2, 0) is 9.59 Å². The van der Waals surface area contributed by atoms with Crippen LogP contribution in [0.4, 0.5) is 9.59 Å². The molecule has 0 aromatic carbocycles. The van der Waals surface area contributed by atoms with E-state index in [-0.39, 0.29) is 35.4 Å². The highest BCUT2D eigenvalue weighted by Gasteiger charge is 2.23. The maximum atomic E-state index is 11.6. The predicted octanol–water partition coefficient (Wildman–Crippen LogP) is 1.62. The lowest BCUT2D eigenvalue weighted by Crippen LogP contribution is -2.41. The van der Waals surface area contributed by atoms with Crippen molar-refractivity contribution in [2.24, 2.45) is 5.41 Å². The molecule has 0 bridgehead atoms. The molecule has 0 spiro atoms. The van der Waals surface area contributed by atoms with Gasteiger partial charge in [0.1, 0.15) is 0 Å². The van der Waals surface area contributed by atoms with Crippen LogP contribution >= 0.6 is 21.6 Å². The first-order valence-corrected chi connectivity index (χ1v) is 10.6. The van der Waals surface area contributed by atoms with Crippen molar-refractivity contribution in [3.8, 4) is 0 Å². The molecule has 1 rings (SSSR count). The first-order chi connectivity index (χ1) is 11.7. The number of hydrogen-bond donors (Lipinski definition) is 4. The lowest BCUT2D eigenvalue weighted by Gasteiger charge is -2.16. The van der Waals surface area contributed by atoms with Crippen LogP contribution in [0.2, 0.25) is 0 Å². The molecule has 0 heterocycles. The number of amides is 6. The minimum atomic E-state index is -0.519. The smallest absolute Gasteiger partial charge is 0.321 e. The molecule has 1 aliphatic rings. The van der Waals surface area contributed by atoms with Gasteiger partial charge in [-0.15, -0.1) is 0 Å². The van der Waals surface area contributed by atoms with Crippen LogP contribution < -0.4 is 21.3 Å². The highest BCUT2D eigenvalue weighted by molar-refractivity contribution is 8.76. The fourth-order valence-electron chi connectivity index (χ4n) is 1.67. The van der Waals surface area contributed by atoms with E-state index in [1.54, 1.807) is 0 Å². The number of urea groups is 2. The van der Waals surface area contributed by atoms with Gasteiger partial charge in [0.05, 0.1) is 5.75 Å². The molecule has 1 saturated carbocycles. The Morgan fingerprint density at radius 2 is 1.60 bits per heavy atom. The number of imide groups is 2. The summed E-state index contributed by atoms with van der Waals surface area (Å²) in [5.74, 6) is 0.0638. The van der Waals surface area contributed by atoms with E-state index in [0.717, 1.165) is 12.8 Å². The van der Waals surface area contributed by atoms with Crippen LogP contribution in [0.15, 0.2) is 0 Å². The molecule has 142 valence electrons. The number of carbonyl (C=O) groups is 4. The predicted molar refractivity (Wildman–Crippen MR) is 100 cm³/mol. The maximum Gasteiger partial charge on any atom is 0.321 e. The van der Waals surface area contributed by atoms with E-state index in [2.05, 4.69) is 21.3 Å². The molecule has 0 aliphatic heterocycles. The summed E-state index contributed by atoms with van der Waals surface area (Å²) in [5, 5.41) is 9.78. The molecular weight excluding hydrogens is 364 g/mol. The third-order valence-corrected chi connectivity index (χ3v) is 5.12. The number of nitrogens with one attached hydrogen (secondary N) is 4. The van der Waals surface area contributed by atoms with Gasteiger partial charge in [-0.1, -0.05) is 42.4 Å². The third-order valence-electron chi connectivity index (χ3n) is 2.85. The number of rotatable bonds is 8. The molecule has 0 unspecified atom stereocenters. The second-order valence-corrected chi connectivity index (χ2v) is 9.50. The molecular formula is C15H26N4O4S2. The van der Waals surface area contributed by atoms with E-state index < -0.39 is 12.1 Å². The molecule has 0 saturated heterocycles. The molecule has 4 N–H and O–H groups in total. The Kier molecular flexibility index (Phi) is 9.12. The van der Waals surface area contributed by atoms with Gasteiger partial charge in [0, 0.05) is 24.8 Å². The molecule has 1 aliphatic carbocycles. The highest BCUT2D eigenvalue weighted by atomic mass is 33.1. The van der Waals surface area contributed by atoms with Crippen LogP contribution in [0.3, 0.4) is 0 Å². The summed E-state index contributed by atoms with van der Waals surface area (Å²) in [4.78, 5) is 46.0. The van der Waals surface area contributed by atoms with Crippen molar-refractivity contribution in [1.82, 2.24) is 21.3 Å². The summed E-state index contributed by atoms with van der Waals surface area (Å²) in [7, 11) is 2.70. The summed E-state index contributed by atoms with van der Waals surface area (Å²) in [6.07, 6.45) is 2.21. The summed E-state index contributed by atoms with van der Waals surface area (Å²) in [6, 6.07) is -0.756. The third kappa shape index (κ3) is 12.6. The zero-order valence-corrected chi connectivity index (χ0v) is 16.4. The Morgan fingerprint density at radius 1 is 0.960 bits per heavy atom. The van der Waals surface area contributed by atoms with Gasteiger partial charge in [0.2, 0.25) is 11.8 Å². The molecule has 8 nitrogen and oxygen atoms in total. The minimum Gasteiger partial charge on any atom is -0.337 e. The van der Waals surface area contributed by atoms with Crippen molar-refractivity contribution in [3.05, 3.63) is 0 Å². The van der Waals surface area contributed by atoms with Gasteiger partial charge in [0.25, 0.3) is 0 Å². The highest BCUT2D eigenvalue weighted by Crippen LogP contribution is 2.20. The topological polar surface area (TPSA) is 116 Å². The molecule has 0 aromatic heterocycles. The van der Waals surface area contributed by atoms with Gasteiger partial charge in [-0.25, -0.2) is 9.59 Å². The van der Waals surface area contributed by atoms with Gasteiger partial charge in [-0.3, -0.25) is 20.2 Å². The lowest BCUT2D eigenvalue weighted by molar-refractivity contribution is -0.121. The van der Waals surface area contributed by atoms with Crippen molar-refractivity contribution in [2.45, 2.75) is 46.1 Å². The summed E-state index contributed by atoms with van der Waals surface area (Å²) >= 11 is 0. The van der Waals surface area contributed by atoms with E-state index in [9.17, 15) is 19.2 Å². The standard InChI is InChI=1S/C15H26N4O4S2/c1-15(2,3)8-11(20)18-13(22)16-6-7-24-25-9-12(21)19-14(23)17-10-4-5-10/h10H,4-9H2,1-3H3,(H2,16,18,20,22)(H2,17,19,21,23). The van der Waals surface area contributed by atoms with E-state index >= 15 is 0 Å². The Bertz CT molecular complexity index is 504. The second kappa shape index (κ2) is 10.5. The molecule has 25 heavy (non-hydrogen) atoms. The van der Waals surface area contributed by atoms with Crippen molar-refractivity contribution >= 4 is 45.5 Å². The SMILES string of the molecule is CC(C)(C)CC(=O)NC(=O)NCCSSCC(=O)NC(=O)NC1CC1. The van der Waals surface area contributed by atoms with Crippen LogP contribution in [0.1, 0.15) is 40.0 Å². The number of carbonyl (C=O) groups excluding carboxylic acids is 4. The van der Waals surface area contributed by atoms with Crippen LogP contribution in [0, 0.1) is 5.41 Å². The fraction of sp³-hybridized carbons (Fsp3) is 0.733.